The summed E-state index contributed by atoms with van der Waals surface area (Å²) in [6, 6.07) is 6.13. The van der Waals surface area contributed by atoms with E-state index in [1.807, 2.05) is 24.6 Å². The molecular weight excluding hydrogens is 259 g/mol. The van der Waals surface area contributed by atoms with E-state index in [2.05, 4.69) is 4.98 Å². The van der Waals surface area contributed by atoms with Gasteiger partial charge in [0.15, 0.2) is 0 Å². The van der Waals surface area contributed by atoms with Gasteiger partial charge in [-0.05, 0) is 26.0 Å². The van der Waals surface area contributed by atoms with Crippen LogP contribution in [0.2, 0.25) is 0 Å². The molecule has 0 N–H and O–H groups in total. The summed E-state index contributed by atoms with van der Waals surface area (Å²) in [5.41, 5.74) is 0. The molecule has 5 heteroatoms. The lowest BCUT2D eigenvalue weighted by molar-refractivity contribution is 0.0669. The Balaban J connectivity index is 1.90. The molecule has 0 fully saturated rings. The fourth-order valence-electron chi connectivity index (χ4n) is 2.01. The number of aromatic nitrogens is 2. The van der Waals surface area contributed by atoms with E-state index in [-0.39, 0.29) is 11.9 Å². The van der Waals surface area contributed by atoms with Gasteiger partial charge in [-0.2, -0.15) is 0 Å². The van der Waals surface area contributed by atoms with Crippen molar-refractivity contribution in [3.05, 3.63) is 48.3 Å². The molecule has 20 heavy (non-hydrogen) atoms. The van der Waals surface area contributed by atoms with Gasteiger partial charge >= 0.3 is 0 Å². The Morgan fingerprint density at radius 3 is 3.00 bits per heavy atom. The largest absolute Gasteiger partial charge is 0.492 e. The quantitative estimate of drug-likeness (QED) is 0.780. The molecule has 0 radical (unpaired) electrons. The zero-order chi connectivity index (χ0) is 14.4. The van der Waals surface area contributed by atoms with Gasteiger partial charge in [0.2, 0.25) is 0 Å². The van der Waals surface area contributed by atoms with Crippen molar-refractivity contribution in [1.29, 1.82) is 0 Å². The highest BCUT2D eigenvalue weighted by molar-refractivity contribution is 5.22. The highest BCUT2D eigenvalue weighted by Crippen LogP contribution is 2.15. The van der Waals surface area contributed by atoms with Crippen LogP contribution >= 0.6 is 0 Å². The first kappa shape index (κ1) is 14.5. The van der Waals surface area contributed by atoms with Crippen molar-refractivity contribution in [3.8, 4) is 5.75 Å². The van der Waals surface area contributed by atoms with Crippen molar-refractivity contribution in [1.82, 2.24) is 9.55 Å². The molecule has 0 saturated heterocycles. The number of nitrogens with zero attached hydrogens (tertiary/aromatic N) is 2. The molecule has 0 spiro atoms. The van der Waals surface area contributed by atoms with E-state index in [1.165, 1.54) is 12.1 Å². The van der Waals surface area contributed by atoms with Crippen LogP contribution in [0.1, 0.15) is 25.8 Å². The Bertz CT molecular complexity index is 542. The van der Waals surface area contributed by atoms with Crippen LogP contribution in [-0.4, -0.2) is 22.8 Å². The third-order valence-corrected chi connectivity index (χ3v) is 2.92. The van der Waals surface area contributed by atoms with Gasteiger partial charge in [-0.15, -0.1) is 0 Å². The molecule has 4 nitrogen and oxygen atoms in total. The average molecular weight is 278 g/mol. The second kappa shape index (κ2) is 7.05. The molecular formula is C15H19FN2O2. The SMILES string of the molecule is CCOC(C)c1nccn1CCOc1cccc(F)c1. The molecule has 1 aromatic heterocycles. The van der Waals surface area contributed by atoms with E-state index in [0.29, 0.717) is 25.5 Å². The van der Waals surface area contributed by atoms with Gasteiger partial charge in [0, 0.05) is 25.1 Å². The first-order chi connectivity index (χ1) is 9.70. The first-order valence-electron chi connectivity index (χ1n) is 6.71. The Labute approximate surface area is 118 Å². The summed E-state index contributed by atoms with van der Waals surface area (Å²) in [5, 5.41) is 0. The van der Waals surface area contributed by atoms with Crippen LogP contribution in [-0.2, 0) is 11.3 Å². The maximum absolute atomic E-state index is 13.0. The molecule has 0 amide bonds. The number of imidazole rings is 1. The number of ether oxygens (including phenoxy) is 2. The average Bonchev–Trinajstić information content (AvgIpc) is 2.87. The van der Waals surface area contributed by atoms with Gasteiger partial charge in [-0.1, -0.05) is 6.07 Å². The van der Waals surface area contributed by atoms with Crippen LogP contribution < -0.4 is 4.74 Å². The van der Waals surface area contributed by atoms with E-state index in [1.54, 1.807) is 18.3 Å². The Morgan fingerprint density at radius 1 is 1.40 bits per heavy atom. The molecule has 2 rings (SSSR count). The van der Waals surface area contributed by atoms with Gasteiger partial charge in [-0.3, -0.25) is 0 Å². The van der Waals surface area contributed by atoms with Gasteiger partial charge in [-0.25, -0.2) is 9.37 Å². The fraction of sp³-hybridized carbons (Fsp3) is 0.400. The smallest absolute Gasteiger partial charge is 0.137 e. The summed E-state index contributed by atoms with van der Waals surface area (Å²) in [5.74, 6) is 1.11. The monoisotopic (exact) mass is 278 g/mol. The van der Waals surface area contributed by atoms with Crippen LogP contribution in [0.15, 0.2) is 36.7 Å². The topological polar surface area (TPSA) is 36.3 Å². The van der Waals surface area contributed by atoms with Gasteiger partial charge in [0.1, 0.15) is 30.1 Å². The number of halogens is 1. The summed E-state index contributed by atoms with van der Waals surface area (Å²) in [4.78, 5) is 4.30. The summed E-state index contributed by atoms with van der Waals surface area (Å²) in [6.45, 7) is 5.66. The zero-order valence-corrected chi connectivity index (χ0v) is 11.8. The third kappa shape index (κ3) is 3.81. The molecule has 1 heterocycles. The predicted octanol–water partition coefficient (Wildman–Crippen LogP) is 3.20. The highest BCUT2D eigenvalue weighted by atomic mass is 19.1. The number of hydrogen-bond donors (Lipinski definition) is 0. The van der Waals surface area contributed by atoms with Crippen molar-refractivity contribution in [3.63, 3.8) is 0 Å². The summed E-state index contributed by atoms with van der Waals surface area (Å²) >= 11 is 0. The van der Waals surface area contributed by atoms with Gasteiger partial charge < -0.3 is 14.0 Å². The summed E-state index contributed by atoms with van der Waals surface area (Å²) in [6.07, 6.45) is 3.58. The second-order valence-electron chi connectivity index (χ2n) is 4.38. The second-order valence-corrected chi connectivity index (χ2v) is 4.38. The summed E-state index contributed by atoms with van der Waals surface area (Å²) < 4.78 is 26.1. The van der Waals surface area contributed by atoms with Gasteiger partial charge in [0.25, 0.3) is 0 Å². The molecule has 0 aliphatic rings. The molecule has 1 atom stereocenters. The van der Waals surface area contributed by atoms with Crippen LogP contribution in [0.3, 0.4) is 0 Å². The minimum Gasteiger partial charge on any atom is -0.492 e. The van der Waals surface area contributed by atoms with Crippen molar-refractivity contribution in [2.45, 2.75) is 26.5 Å². The van der Waals surface area contributed by atoms with Crippen molar-refractivity contribution in [2.24, 2.45) is 0 Å². The van der Waals surface area contributed by atoms with Crippen LogP contribution in [0.5, 0.6) is 5.75 Å². The van der Waals surface area contributed by atoms with E-state index in [4.69, 9.17) is 9.47 Å². The third-order valence-electron chi connectivity index (χ3n) is 2.92. The van der Waals surface area contributed by atoms with Crippen molar-refractivity contribution >= 4 is 0 Å². The van der Waals surface area contributed by atoms with E-state index < -0.39 is 0 Å². The van der Waals surface area contributed by atoms with Crippen LogP contribution in [0.25, 0.3) is 0 Å². The number of hydrogen-bond acceptors (Lipinski definition) is 3. The first-order valence-corrected chi connectivity index (χ1v) is 6.71. The number of benzene rings is 1. The molecule has 0 saturated carbocycles. The van der Waals surface area contributed by atoms with Crippen LogP contribution in [0, 0.1) is 5.82 Å². The standard InChI is InChI=1S/C15H19FN2O2/c1-3-19-12(2)15-17-7-8-18(15)9-10-20-14-6-4-5-13(16)11-14/h4-8,11-12H,3,9-10H2,1-2H3. The lowest BCUT2D eigenvalue weighted by atomic mass is 10.3. The van der Waals surface area contributed by atoms with E-state index in [0.717, 1.165) is 5.82 Å². The molecule has 2 aromatic rings. The molecule has 1 aromatic carbocycles. The molecule has 1 unspecified atom stereocenters. The zero-order valence-electron chi connectivity index (χ0n) is 11.8. The van der Waals surface area contributed by atoms with E-state index >= 15 is 0 Å². The maximum Gasteiger partial charge on any atom is 0.137 e. The minimum absolute atomic E-state index is 0.0517. The fourth-order valence-corrected chi connectivity index (χ4v) is 2.01. The molecule has 0 bridgehead atoms. The maximum atomic E-state index is 13.0. The highest BCUT2D eigenvalue weighted by Gasteiger charge is 2.11. The Morgan fingerprint density at radius 2 is 2.25 bits per heavy atom. The molecule has 0 aliphatic carbocycles. The molecule has 108 valence electrons. The lowest BCUT2D eigenvalue weighted by Crippen LogP contribution is -2.13. The Kier molecular flexibility index (Phi) is 5.12. The predicted molar refractivity (Wildman–Crippen MR) is 74.2 cm³/mol. The van der Waals surface area contributed by atoms with E-state index in [9.17, 15) is 4.39 Å². The number of rotatable bonds is 7. The van der Waals surface area contributed by atoms with Crippen molar-refractivity contribution < 1.29 is 13.9 Å². The summed E-state index contributed by atoms with van der Waals surface area (Å²) in [7, 11) is 0. The normalized spacial score (nSPS) is 12.3. The minimum atomic E-state index is -0.296. The Hall–Kier alpha value is -1.88. The van der Waals surface area contributed by atoms with Crippen LogP contribution in [0.4, 0.5) is 4.39 Å². The molecule has 0 aliphatic heterocycles. The lowest BCUT2D eigenvalue weighted by Gasteiger charge is -2.14. The van der Waals surface area contributed by atoms with Gasteiger partial charge in [0.05, 0.1) is 6.54 Å². The van der Waals surface area contributed by atoms with Crippen molar-refractivity contribution in [2.75, 3.05) is 13.2 Å².